The Hall–Kier alpha value is -1.34. The van der Waals surface area contributed by atoms with Crippen LogP contribution in [0.1, 0.15) is 36.7 Å². The van der Waals surface area contributed by atoms with Gasteiger partial charge in [0.15, 0.2) is 0 Å². The first kappa shape index (κ1) is 22.0. The van der Waals surface area contributed by atoms with E-state index in [1.165, 1.54) is 18.9 Å². The number of ether oxygens (including phenoxy) is 1. The molecule has 0 aromatic heterocycles. The van der Waals surface area contributed by atoms with Crippen LogP contribution in [0.5, 0.6) is 0 Å². The summed E-state index contributed by atoms with van der Waals surface area (Å²) in [6, 6.07) is 10.1. The second kappa shape index (κ2) is 8.78. The van der Waals surface area contributed by atoms with E-state index in [0.717, 1.165) is 0 Å². The lowest BCUT2D eigenvalue weighted by Gasteiger charge is -2.20. The van der Waals surface area contributed by atoms with Gasteiger partial charge in [0.05, 0.1) is 28.5 Å². The molecule has 0 saturated carbocycles. The number of nitrogens with one attached hydrogen (secondary N) is 1. The molecule has 4 nitrogen and oxygen atoms in total. The quantitative estimate of drug-likeness (QED) is 0.368. The van der Waals surface area contributed by atoms with Crippen LogP contribution >= 0.6 is 35.0 Å². The van der Waals surface area contributed by atoms with Crippen molar-refractivity contribution < 1.29 is 13.7 Å². The van der Waals surface area contributed by atoms with Crippen LogP contribution in [-0.4, -0.2) is 27.1 Å². The lowest BCUT2D eigenvalue weighted by atomic mass is 10.2. The molecule has 0 bridgehead atoms. The molecule has 2 rings (SSSR count). The summed E-state index contributed by atoms with van der Waals surface area (Å²) in [5.74, 6) is -0.474. The standard InChI is InChI=1S/C19H19Cl2NO3S2/c1-19(2,3)27(24)17(22)13-9-11(20)10-14(21)16(13)26-15-8-6-5-7-12(15)18(23)25-4/h5-10,22H,1-4H3. The van der Waals surface area contributed by atoms with Crippen LogP contribution in [0, 0.1) is 5.41 Å². The third kappa shape index (κ3) is 5.13. The fourth-order valence-electron chi connectivity index (χ4n) is 2.18. The number of benzene rings is 2. The van der Waals surface area contributed by atoms with Gasteiger partial charge in [0.2, 0.25) is 0 Å². The summed E-state index contributed by atoms with van der Waals surface area (Å²) in [7, 11) is -0.260. The fourth-order valence-corrected chi connectivity index (χ4v) is 4.89. The van der Waals surface area contributed by atoms with Crippen molar-refractivity contribution in [3.05, 3.63) is 57.6 Å². The number of hydrogen-bond donors (Lipinski definition) is 1. The van der Waals surface area contributed by atoms with E-state index >= 15 is 0 Å². The number of rotatable bonds is 4. The summed E-state index contributed by atoms with van der Waals surface area (Å²) in [6.07, 6.45) is 0. The Labute approximate surface area is 175 Å². The van der Waals surface area contributed by atoms with E-state index in [-0.39, 0.29) is 5.04 Å². The maximum Gasteiger partial charge on any atom is 0.339 e. The highest BCUT2D eigenvalue weighted by molar-refractivity contribution is 8.02. The van der Waals surface area contributed by atoms with Crippen LogP contribution < -0.4 is 0 Å². The normalized spacial score (nSPS) is 12.5. The zero-order valence-electron chi connectivity index (χ0n) is 15.3. The molecular weight excluding hydrogens is 425 g/mol. The van der Waals surface area contributed by atoms with E-state index in [4.69, 9.17) is 33.3 Å². The highest BCUT2D eigenvalue weighted by atomic mass is 35.5. The minimum atomic E-state index is -1.57. The molecule has 2 aromatic rings. The molecule has 0 amide bonds. The largest absolute Gasteiger partial charge is 0.465 e. The van der Waals surface area contributed by atoms with Gasteiger partial charge in [0.25, 0.3) is 0 Å². The van der Waals surface area contributed by atoms with Gasteiger partial charge in [-0.25, -0.2) is 4.79 Å². The molecule has 8 heteroatoms. The Kier molecular flexibility index (Phi) is 7.14. The topological polar surface area (TPSA) is 67.2 Å². The van der Waals surface area contributed by atoms with Gasteiger partial charge >= 0.3 is 5.97 Å². The Morgan fingerprint density at radius 3 is 2.37 bits per heavy atom. The maximum absolute atomic E-state index is 12.7. The van der Waals surface area contributed by atoms with Gasteiger partial charge in [-0.3, -0.25) is 9.62 Å². The second-order valence-corrected chi connectivity index (χ2v) is 10.6. The van der Waals surface area contributed by atoms with E-state index in [1.54, 1.807) is 57.2 Å². The van der Waals surface area contributed by atoms with E-state index in [2.05, 4.69) is 0 Å². The number of carbonyl (C=O) groups is 1. The smallest absolute Gasteiger partial charge is 0.339 e. The predicted octanol–water partition coefficient (Wildman–Crippen LogP) is 5.80. The fraction of sp³-hybridized carbons (Fsp3) is 0.263. The van der Waals surface area contributed by atoms with Gasteiger partial charge in [-0.15, -0.1) is 0 Å². The SMILES string of the molecule is COC(=O)c1ccccc1Sc1c(Cl)cc(Cl)cc1C(=N)S(=O)C(C)(C)C. The van der Waals surface area contributed by atoms with Gasteiger partial charge in [-0.2, -0.15) is 0 Å². The molecule has 0 fully saturated rings. The van der Waals surface area contributed by atoms with Crippen LogP contribution in [0.4, 0.5) is 0 Å². The minimum absolute atomic E-state index is 0.0649. The van der Waals surface area contributed by atoms with E-state index in [9.17, 15) is 9.00 Å². The minimum Gasteiger partial charge on any atom is -0.465 e. The van der Waals surface area contributed by atoms with Crippen molar-refractivity contribution in [2.45, 2.75) is 35.3 Å². The molecule has 0 saturated heterocycles. The molecule has 0 spiro atoms. The first-order valence-corrected chi connectivity index (χ1v) is 10.6. The lowest BCUT2D eigenvalue weighted by molar-refractivity contribution is 0.0597. The molecule has 144 valence electrons. The monoisotopic (exact) mass is 443 g/mol. The van der Waals surface area contributed by atoms with Crippen LogP contribution in [0.15, 0.2) is 46.2 Å². The molecule has 0 aliphatic carbocycles. The Morgan fingerprint density at radius 1 is 1.15 bits per heavy atom. The first-order chi connectivity index (χ1) is 12.6. The van der Waals surface area contributed by atoms with Crippen molar-refractivity contribution in [2.75, 3.05) is 7.11 Å². The van der Waals surface area contributed by atoms with Gasteiger partial charge < -0.3 is 4.74 Å². The Morgan fingerprint density at radius 2 is 1.78 bits per heavy atom. The average molecular weight is 444 g/mol. The van der Waals surface area contributed by atoms with Gasteiger partial charge in [0, 0.05) is 25.1 Å². The third-order valence-corrected chi connectivity index (χ3v) is 7.05. The molecule has 0 aliphatic heterocycles. The molecule has 0 aliphatic rings. The van der Waals surface area contributed by atoms with Crippen molar-refractivity contribution in [3.8, 4) is 0 Å². The maximum atomic E-state index is 12.7. The van der Waals surface area contributed by atoms with E-state index in [1.807, 2.05) is 0 Å². The summed E-state index contributed by atoms with van der Waals surface area (Å²) in [5, 5.41) is 9.04. The molecule has 0 heterocycles. The molecule has 2 aromatic carbocycles. The van der Waals surface area contributed by atoms with Crippen LogP contribution in [0.25, 0.3) is 0 Å². The van der Waals surface area contributed by atoms with Gasteiger partial charge in [-0.05, 0) is 45.0 Å². The zero-order chi connectivity index (χ0) is 20.4. The number of carbonyl (C=O) groups excluding carboxylic acids is 1. The highest BCUT2D eigenvalue weighted by Crippen LogP contribution is 2.40. The molecule has 1 atom stereocenters. The molecule has 0 radical (unpaired) electrons. The van der Waals surface area contributed by atoms with Gasteiger partial charge in [-0.1, -0.05) is 47.1 Å². The van der Waals surface area contributed by atoms with Crippen LogP contribution in [0.3, 0.4) is 0 Å². The Bertz CT molecular complexity index is 924. The van der Waals surface area contributed by atoms with E-state index in [0.29, 0.717) is 31.0 Å². The molecular formula is C19H19Cl2NO3S2. The van der Waals surface area contributed by atoms with Crippen molar-refractivity contribution in [1.29, 1.82) is 5.41 Å². The summed E-state index contributed by atoms with van der Waals surface area (Å²) < 4.78 is 16.9. The number of methoxy groups -OCH3 is 1. The second-order valence-electron chi connectivity index (χ2n) is 6.56. The van der Waals surface area contributed by atoms with Gasteiger partial charge in [0.1, 0.15) is 5.04 Å². The van der Waals surface area contributed by atoms with Crippen LogP contribution in [-0.2, 0) is 15.5 Å². The summed E-state index contributed by atoms with van der Waals surface area (Å²) in [6.45, 7) is 5.38. The Balaban J connectivity index is 2.58. The van der Waals surface area contributed by atoms with Crippen molar-refractivity contribution in [1.82, 2.24) is 0 Å². The lowest BCUT2D eigenvalue weighted by Crippen LogP contribution is -2.28. The highest BCUT2D eigenvalue weighted by Gasteiger charge is 2.28. The first-order valence-electron chi connectivity index (χ1n) is 7.91. The summed E-state index contributed by atoms with van der Waals surface area (Å²) >= 11 is 13.7. The van der Waals surface area contributed by atoms with Crippen LogP contribution in [0.2, 0.25) is 10.0 Å². The number of hydrogen-bond acceptors (Lipinski definition) is 5. The summed E-state index contributed by atoms with van der Waals surface area (Å²) in [5.41, 5.74) is 0.760. The zero-order valence-corrected chi connectivity index (χ0v) is 18.4. The summed E-state index contributed by atoms with van der Waals surface area (Å²) in [4.78, 5) is 13.2. The molecule has 27 heavy (non-hydrogen) atoms. The molecule has 1 unspecified atom stereocenters. The number of halogens is 2. The van der Waals surface area contributed by atoms with Crippen molar-refractivity contribution >= 4 is 56.8 Å². The van der Waals surface area contributed by atoms with E-state index < -0.39 is 21.5 Å². The average Bonchev–Trinajstić information content (AvgIpc) is 2.61. The van der Waals surface area contributed by atoms with Crippen molar-refractivity contribution in [3.63, 3.8) is 0 Å². The number of esters is 1. The molecule has 1 N–H and O–H groups in total. The van der Waals surface area contributed by atoms with Crippen molar-refractivity contribution in [2.24, 2.45) is 0 Å². The third-order valence-electron chi connectivity index (χ3n) is 3.50. The predicted molar refractivity (Wildman–Crippen MR) is 113 cm³/mol.